The molecule has 1 aliphatic carbocycles. The summed E-state index contributed by atoms with van der Waals surface area (Å²) in [5, 5.41) is 6.21. The van der Waals surface area contributed by atoms with E-state index in [1.165, 1.54) is 6.42 Å². The summed E-state index contributed by atoms with van der Waals surface area (Å²) >= 11 is 0. The van der Waals surface area contributed by atoms with Gasteiger partial charge in [0.25, 0.3) is 5.91 Å². The predicted octanol–water partition coefficient (Wildman–Crippen LogP) is 3.38. The van der Waals surface area contributed by atoms with E-state index in [1.54, 1.807) is 0 Å². The van der Waals surface area contributed by atoms with Crippen molar-refractivity contribution >= 4 is 11.7 Å². The lowest BCUT2D eigenvalue weighted by Crippen LogP contribution is -2.33. The van der Waals surface area contributed by atoms with E-state index in [9.17, 15) is 4.79 Å². The number of hydrogen-bond acceptors (Lipinski definition) is 3. The molecule has 1 fully saturated rings. The van der Waals surface area contributed by atoms with Crippen LogP contribution in [0.1, 0.15) is 62.5 Å². The van der Waals surface area contributed by atoms with Crippen LogP contribution in [-0.4, -0.2) is 24.0 Å². The highest BCUT2D eigenvalue weighted by atomic mass is 16.1. The first-order valence-electron chi connectivity index (χ1n) is 7.93. The molecule has 1 atom stereocenters. The largest absolute Gasteiger partial charge is 0.373 e. The minimum atomic E-state index is 0.0222. The van der Waals surface area contributed by atoms with Gasteiger partial charge in [-0.3, -0.25) is 4.79 Å². The molecule has 4 heteroatoms. The summed E-state index contributed by atoms with van der Waals surface area (Å²) in [5.74, 6) is 0.784. The average Bonchev–Trinajstić information content (AvgIpc) is 2.77. The summed E-state index contributed by atoms with van der Waals surface area (Å²) in [4.78, 5) is 17.0. The number of carbonyl (C=O) groups excluding carboxylic acids is 1. The van der Waals surface area contributed by atoms with E-state index in [4.69, 9.17) is 0 Å². The molecule has 1 aromatic heterocycles. The van der Waals surface area contributed by atoms with Gasteiger partial charge in [0.15, 0.2) is 0 Å². The second-order valence-corrected chi connectivity index (χ2v) is 6.81. The van der Waals surface area contributed by atoms with Gasteiger partial charge in [-0.05, 0) is 43.2 Å². The normalized spacial score (nSPS) is 20.3. The SMILES string of the molecule is CCCc1cc(C(=O)NC2CCC(C)(C)C2)cc(NC)n1. The Morgan fingerprint density at radius 3 is 2.76 bits per heavy atom. The third-order valence-electron chi connectivity index (χ3n) is 4.21. The predicted molar refractivity (Wildman–Crippen MR) is 86.7 cm³/mol. The number of aryl methyl sites for hydroxylation is 1. The Kier molecular flexibility index (Phi) is 4.86. The summed E-state index contributed by atoms with van der Waals surface area (Å²) in [6.45, 7) is 6.65. The van der Waals surface area contributed by atoms with Crippen LogP contribution in [0.25, 0.3) is 0 Å². The third kappa shape index (κ3) is 4.19. The van der Waals surface area contributed by atoms with Crippen molar-refractivity contribution in [2.45, 2.75) is 58.9 Å². The van der Waals surface area contributed by atoms with Crippen LogP contribution in [0, 0.1) is 5.41 Å². The smallest absolute Gasteiger partial charge is 0.251 e. The van der Waals surface area contributed by atoms with E-state index >= 15 is 0 Å². The van der Waals surface area contributed by atoms with Crippen molar-refractivity contribution < 1.29 is 4.79 Å². The Morgan fingerprint density at radius 2 is 2.19 bits per heavy atom. The fourth-order valence-corrected chi connectivity index (χ4v) is 3.06. The van der Waals surface area contributed by atoms with E-state index < -0.39 is 0 Å². The van der Waals surface area contributed by atoms with Gasteiger partial charge in [0.2, 0.25) is 0 Å². The van der Waals surface area contributed by atoms with Gasteiger partial charge >= 0.3 is 0 Å². The first kappa shape index (κ1) is 15.8. The lowest BCUT2D eigenvalue weighted by atomic mass is 9.92. The van der Waals surface area contributed by atoms with Crippen LogP contribution in [0.5, 0.6) is 0 Å². The molecule has 2 N–H and O–H groups in total. The molecule has 0 saturated heterocycles. The van der Waals surface area contributed by atoms with Gasteiger partial charge in [0.1, 0.15) is 5.82 Å². The number of rotatable bonds is 5. The van der Waals surface area contributed by atoms with Gasteiger partial charge in [0.05, 0.1) is 0 Å². The van der Waals surface area contributed by atoms with Gasteiger partial charge in [0, 0.05) is 24.3 Å². The van der Waals surface area contributed by atoms with Gasteiger partial charge in [-0.2, -0.15) is 0 Å². The molecular weight excluding hydrogens is 262 g/mol. The van der Waals surface area contributed by atoms with E-state index in [2.05, 4.69) is 36.4 Å². The van der Waals surface area contributed by atoms with Crippen molar-refractivity contribution in [2.24, 2.45) is 5.41 Å². The van der Waals surface area contributed by atoms with Crippen LogP contribution in [0.3, 0.4) is 0 Å². The van der Waals surface area contributed by atoms with Crippen molar-refractivity contribution in [3.05, 3.63) is 23.4 Å². The molecule has 1 amide bonds. The Morgan fingerprint density at radius 1 is 1.43 bits per heavy atom. The van der Waals surface area contributed by atoms with Crippen LogP contribution >= 0.6 is 0 Å². The minimum absolute atomic E-state index is 0.0222. The number of pyridine rings is 1. The maximum atomic E-state index is 12.5. The molecule has 116 valence electrons. The summed E-state index contributed by atoms with van der Waals surface area (Å²) in [7, 11) is 1.83. The molecule has 0 aromatic carbocycles. The van der Waals surface area contributed by atoms with Crippen molar-refractivity contribution in [2.75, 3.05) is 12.4 Å². The molecule has 0 aliphatic heterocycles. The lowest BCUT2D eigenvalue weighted by molar-refractivity contribution is 0.0936. The average molecular weight is 289 g/mol. The molecule has 2 rings (SSSR count). The van der Waals surface area contributed by atoms with Gasteiger partial charge < -0.3 is 10.6 Å². The maximum Gasteiger partial charge on any atom is 0.251 e. The third-order valence-corrected chi connectivity index (χ3v) is 4.21. The monoisotopic (exact) mass is 289 g/mol. The standard InChI is InChI=1S/C17H27N3O/c1-5-6-13-9-12(10-15(18-4)19-13)16(21)20-14-7-8-17(2,3)11-14/h9-10,14H,5-8,11H2,1-4H3,(H,18,19)(H,20,21). The number of hydrogen-bond donors (Lipinski definition) is 2. The molecule has 0 spiro atoms. The number of carbonyl (C=O) groups is 1. The fourth-order valence-electron chi connectivity index (χ4n) is 3.06. The van der Waals surface area contributed by atoms with Crippen molar-refractivity contribution in [3.63, 3.8) is 0 Å². The number of aromatic nitrogens is 1. The number of nitrogens with zero attached hydrogens (tertiary/aromatic N) is 1. The molecule has 1 aliphatic rings. The number of amides is 1. The molecule has 4 nitrogen and oxygen atoms in total. The molecule has 0 radical (unpaired) electrons. The zero-order valence-corrected chi connectivity index (χ0v) is 13.6. The number of nitrogens with one attached hydrogen (secondary N) is 2. The summed E-state index contributed by atoms with van der Waals surface area (Å²) < 4.78 is 0. The van der Waals surface area contributed by atoms with E-state index in [0.717, 1.165) is 37.2 Å². The molecule has 1 heterocycles. The first-order chi connectivity index (χ1) is 9.93. The zero-order chi connectivity index (χ0) is 15.5. The lowest BCUT2D eigenvalue weighted by Gasteiger charge is -2.18. The van der Waals surface area contributed by atoms with Crippen molar-refractivity contribution in [1.29, 1.82) is 0 Å². The van der Waals surface area contributed by atoms with E-state index in [-0.39, 0.29) is 5.91 Å². The molecule has 1 saturated carbocycles. The Hall–Kier alpha value is -1.58. The Bertz CT molecular complexity index is 511. The van der Waals surface area contributed by atoms with Crippen LogP contribution in [0.4, 0.5) is 5.82 Å². The quantitative estimate of drug-likeness (QED) is 0.873. The van der Waals surface area contributed by atoms with E-state index in [1.807, 2.05) is 19.2 Å². The second kappa shape index (κ2) is 6.46. The highest BCUT2D eigenvalue weighted by Crippen LogP contribution is 2.37. The zero-order valence-electron chi connectivity index (χ0n) is 13.6. The van der Waals surface area contributed by atoms with Crippen molar-refractivity contribution in [1.82, 2.24) is 10.3 Å². The van der Waals surface area contributed by atoms with Gasteiger partial charge in [-0.15, -0.1) is 0 Å². The molecule has 1 aromatic rings. The minimum Gasteiger partial charge on any atom is -0.373 e. The van der Waals surface area contributed by atoms with Crippen molar-refractivity contribution in [3.8, 4) is 0 Å². The second-order valence-electron chi connectivity index (χ2n) is 6.81. The molecular formula is C17H27N3O. The molecule has 1 unspecified atom stereocenters. The summed E-state index contributed by atoms with van der Waals surface area (Å²) in [5.41, 5.74) is 2.03. The fraction of sp³-hybridized carbons (Fsp3) is 0.647. The highest BCUT2D eigenvalue weighted by molar-refractivity contribution is 5.95. The molecule has 21 heavy (non-hydrogen) atoms. The number of anilines is 1. The van der Waals surface area contributed by atoms with Crippen LogP contribution < -0.4 is 10.6 Å². The first-order valence-corrected chi connectivity index (χ1v) is 7.93. The van der Waals surface area contributed by atoms with Crippen LogP contribution in [-0.2, 0) is 6.42 Å². The summed E-state index contributed by atoms with van der Waals surface area (Å²) in [6, 6.07) is 4.04. The highest BCUT2D eigenvalue weighted by Gasteiger charge is 2.31. The van der Waals surface area contributed by atoms with Gasteiger partial charge in [-0.25, -0.2) is 4.98 Å². The summed E-state index contributed by atoms with van der Waals surface area (Å²) in [6.07, 6.45) is 5.23. The Balaban J connectivity index is 2.09. The topological polar surface area (TPSA) is 54.0 Å². The van der Waals surface area contributed by atoms with Crippen LogP contribution in [0.15, 0.2) is 12.1 Å². The maximum absolute atomic E-state index is 12.5. The van der Waals surface area contributed by atoms with Crippen LogP contribution in [0.2, 0.25) is 0 Å². The van der Waals surface area contributed by atoms with Gasteiger partial charge in [-0.1, -0.05) is 27.2 Å². The molecule has 0 bridgehead atoms. The van der Waals surface area contributed by atoms with E-state index in [0.29, 0.717) is 17.0 Å². The Labute approximate surface area is 127 Å².